The van der Waals surface area contributed by atoms with Crippen LogP contribution in [0.5, 0.6) is 5.75 Å². The molecular weight excluding hydrogens is 372 g/mol. The van der Waals surface area contributed by atoms with E-state index >= 15 is 0 Å². The minimum Gasteiger partial charge on any atom is -0.480 e. The zero-order valence-corrected chi connectivity index (χ0v) is 17.1. The first-order chi connectivity index (χ1) is 14.0. The monoisotopic (exact) mass is 401 g/mol. The second-order valence-corrected chi connectivity index (χ2v) is 8.00. The number of fused-ring (bicyclic) bond motifs is 3. The van der Waals surface area contributed by atoms with Gasteiger partial charge in [-0.05, 0) is 56.4 Å². The minimum atomic E-state index is -0.635. The first-order valence-corrected chi connectivity index (χ1v) is 10.5. The van der Waals surface area contributed by atoms with Gasteiger partial charge in [-0.1, -0.05) is 0 Å². The van der Waals surface area contributed by atoms with Crippen molar-refractivity contribution in [2.45, 2.75) is 39.2 Å². The van der Waals surface area contributed by atoms with Crippen molar-refractivity contribution >= 4 is 16.9 Å². The molecule has 2 aromatic rings. The van der Waals surface area contributed by atoms with Crippen LogP contribution in [0.4, 0.5) is 0 Å². The third-order valence-corrected chi connectivity index (χ3v) is 5.83. The summed E-state index contributed by atoms with van der Waals surface area (Å²) in [6, 6.07) is 3.78. The second-order valence-electron chi connectivity index (χ2n) is 8.00. The average molecular weight is 401 g/mol. The second kappa shape index (κ2) is 8.55. The fourth-order valence-corrected chi connectivity index (χ4v) is 4.26. The average Bonchev–Trinajstić information content (AvgIpc) is 3.18. The molecule has 0 bridgehead atoms. The summed E-state index contributed by atoms with van der Waals surface area (Å²) in [4.78, 5) is 26.2. The van der Waals surface area contributed by atoms with E-state index in [9.17, 15) is 9.59 Å². The Morgan fingerprint density at radius 3 is 2.79 bits per heavy atom. The molecule has 2 N–H and O–H groups in total. The number of quaternary nitrogens is 1. The van der Waals surface area contributed by atoms with Crippen LogP contribution in [-0.2, 0) is 22.4 Å². The van der Waals surface area contributed by atoms with Crippen molar-refractivity contribution in [3.8, 4) is 5.75 Å². The number of benzene rings is 1. The van der Waals surface area contributed by atoms with Gasteiger partial charge in [0.2, 0.25) is 0 Å². The lowest BCUT2D eigenvalue weighted by Crippen LogP contribution is -3.14. The maximum absolute atomic E-state index is 12.6. The zero-order chi connectivity index (χ0) is 20.4. The Hall–Kier alpha value is -2.38. The van der Waals surface area contributed by atoms with Crippen molar-refractivity contribution in [2.75, 3.05) is 39.4 Å². The van der Waals surface area contributed by atoms with Crippen LogP contribution in [0.15, 0.2) is 21.3 Å². The Labute approximate surface area is 170 Å². The Bertz CT molecular complexity index is 962. The molecule has 1 aliphatic heterocycles. The van der Waals surface area contributed by atoms with E-state index < -0.39 is 6.10 Å². The molecule has 4 rings (SSSR count). The standard InChI is InChI=1S/C22H28N2O5/c1-14-12-18(20-16-4-3-5-17(16)22(26)29-19(20)13-14)28-15(2)21(25)23-6-7-24-8-10-27-11-9-24/h12-13,15H,3-11H2,1-2H3,(H,23,25)/p+1/t15-/m0/s1. The quantitative estimate of drug-likeness (QED) is 0.685. The molecule has 1 aromatic carbocycles. The number of carbonyl (C=O) groups excluding carboxylic acids is 1. The summed E-state index contributed by atoms with van der Waals surface area (Å²) in [5.74, 6) is 0.477. The molecule has 1 atom stereocenters. The molecule has 0 unspecified atom stereocenters. The van der Waals surface area contributed by atoms with Gasteiger partial charge in [0, 0.05) is 5.56 Å². The van der Waals surface area contributed by atoms with Crippen LogP contribution in [0.25, 0.3) is 11.0 Å². The maximum atomic E-state index is 12.6. The topological polar surface area (TPSA) is 82.2 Å². The van der Waals surface area contributed by atoms with Gasteiger partial charge in [0.05, 0.1) is 31.7 Å². The van der Waals surface area contributed by atoms with Crippen LogP contribution >= 0.6 is 0 Å². The van der Waals surface area contributed by atoms with Gasteiger partial charge in [-0.3, -0.25) is 4.79 Å². The lowest BCUT2D eigenvalue weighted by Gasteiger charge is -2.24. The Morgan fingerprint density at radius 1 is 1.24 bits per heavy atom. The van der Waals surface area contributed by atoms with E-state index in [1.54, 1.807) is 6.92 Å². The molecule has 0 spiro atoms. The number of hydrogen-bond donors (Lipinski definition) is 2. The normalized spacial score (nSPS) is 17.9. The number of morpholine rings is 1. The van der Waals surface area contributed by atoms with Crippen molar-refractivity contribution in [1.29, 1.82) is 0 Å². The minimum absolute atomic E-state index is 0.138. The van der Waals surface area contributed by atoms with E-state index in [2.05, 4.69) is 5.32 Å². The lowest BCUT2D eigenvalue weighted by atomic mass is 10.0. The molecule has 0 radical (unpaired) electrons. The van der Waals surface area contributed by atoms with Crippen molar-refractivity contribution in [2.24, 2.45) is 0 Å². The molecule has 7 nitrogen and oxygen atoms in total. The lowest BCUT2D eigenvalue weighted by molar-refractivity contribution is -0.906. The Morgan fingerprint density at radius 2 is 2.00 bits per heavy atom. The molecule has 2 aliphatic rings. The van der Waals surface area contributed by atoms with E-state index in [0.29, 0.717) is 17.9 Å². The van der Waals surface area contributed by atoms with E-state index in [1.807, 2.05) is 19.1 Å². The van der Waals surface area contributed by atoms with Gasteiger partial charge in [0.15, 0.2) is 6.10 Å². The summed E-state index contributed by atoms with van der Waals surface area (Å²) in [6.07, 6.45) is 1.87. The highest BCUT2D eigenvalue weighted by molar-refractivity contribution is 5.89. The van der Waals surface area contributed by atoms with Crippen LogP contribution in [0.3, 0.4) is 0 Å². The molecule has 1 saturated heterocycles. The molecule has 29 heavy (non-hydrogen) atoms. The number of aryl methyl sites for hydroxylation is 2. The molecule has 1 aliphatic carbocycles. The van der Waals surface area contributed by atoms with Crippen LogP contribution in [0.1, 0.15) is 30.0 Å². The Balaban J connectivity index is 1.47. The molecule has 1 fully saturated rings. The van der Waals surface area contributed by atoms with Crippen molar-refractivity contribution in [3.63, 3.8) is 0 Å². The fourth-order valence-electron chi connectivity index (χ4n) is 4.26. The number of amides is 1. The third kappa shape index (κ3) is 4.31. The van der Waals surface area contributed by atoms with Gasteiger partial charge in [0.25, 0.3) is 5.91 Å². The van der Waals surface area contributed by atoms with Crippen LogP contribution < -0.4 is 20.6 Å². The van der Waals surface area contributed by atoms with Gasteiger partial charge >= 0.3 is 5.63 Å². The van der Waals surface area contributed by atoms with Crippen LogP contribution in [-0.4, -0.2) is 51.4 Å². The van der Waals surface area contributed by atoms with Crippen molar-refractivity contribution < 1.29 is 23.6 Å². The summed E-state index contributed by atoms with van der Waals surface area (Å²) >= 11 is 0. The molecule has 2 heterocycles. The molecule has 0 saturated carbocycles. The number of hydrogen-bond acceptors (Lipinski definition) is 5. The van der Waals surface area contributed by atoms with Gasteiger partial charge in [-0.2, -0.15) is 0 Å². The number of carbonyl (C=O) groups is 1. The summed E-state index contributed by atoms with van der Waals surface area (Å²) in [7, 11) is 0. The molecule has 7 heteroatoms. The first kappa shape index (κ1) is 19.9. The highest BCUT2D eigenvalue weighted by atomic mass is 16.5. The summed E-state index contributed by atoms with van der Waals surface area (Å²) in [6.45, 7) is 8.70. The summed E-state index contributed by atoms with van der Waals surface area (Å²) in [5.41, 5.74) is 2.97. The number of ether oxygens (including phenoxy) is 2. The number of nitrogens with one attached hydrogen (secondary N) is 2. The van der Waals surface area contributed by atoms with E-state index in [-0.39, 0.29) is 11.5 Å². The van der Waals surface area contributed by atoms with E-state index in [0.717, 1.165) is 74.2 Å². The third-order valence-electron chi connectivity index (χ3n) is 5.83. The van der Waals surface area contributed by atoms with Gasteiger partial charge in [-0.25, -0.2) is 4.79 Å². The SMILES string of the molecule is Cc1cc(O[C@@H](C)C(=O)NCC[NH+]2CCOCC2)c2c3c(c(=O)oc2c1)CCC3. The maximum Gasteiger partial charge on any atom is 0.339 e. The Kier molecular flexibility index (Phi) is 5.87. The van der Waals surface area contributed by atoms with Gasteiger partial charge in [-0.15, -0.1) is 0 Å². The molecular formula is C22H29N2O5+. The van der Waals surface area contributed by atoms with Crippen LogP contribution in [0.2, 0.25) is 0 Å². The van der Waals surface area contributed by atoms with Crippen molar-refractivity contribution in [1.82, 2.24) is 5.32 Å². The zero-order valence-electron chi connectivity index (χ0n) is 17.1. The van der Waals surface area contributed by atoms with Gasteiger partial charge < -0.3 is 24.1 Å². The predicted octanol–water partition coefficient (Wildman–Crippen LogP) is 0.389. The molecule has 1 amide bonds. The first-order valence-electron chi connectivity index (χ1n) is 10.5. The predicted molar refractivity (Wildman–Crippen MR) is 109 cm³/mol. The summed E-state index contributed by atoms with van der Waals surface area (Å²) < 4.78 is 17.0. The highest BCUT2D eigenvalue weighted by Crippen LogP contribution is 2.35. The highest BCUT2D eigenvalue weighted by Gasteiger charge is 2.24. The number of rotatable bonds is 6. The smallest absolute Gasteiger partial charge is 0.339 e. The van der Waals surface area contributed by atoms with Gasteiger partial charge in [0.1, 0.15) is 24.4 Å². The van der Waals surface area contributed by atoms with Crippen LogP contribution in [0, 0.1) is 6.92 Å². The van der Waals surface area contributed by atoms with E-state index in [1.165, 1.54) is 4.90 Å². The largest absolute Gasteiger partial charge is 0.480 e. The van der Waals surface area contributed by atoms with E-state index in [4.69, 9.17) is 13.9 Å². The van der Waals surface area contributed by atoms with Crippen molar-refractivity contribution in [3.05, 3.63) is 39.2 Å². The molecule has 156 valence electrons. The fraction of sp³-hybridized carbons (Fsp3) is 0.545. The summed E-state index contributed by atoms with van der Waals surface area (Å²) in [5, 5.41) is 3.81. The molecule has 1 aromatic heterocycles.